The van der Waals surface area contributed by atoms with Gasteiger partial charge in [-0.15, -0.1) is 0 Å². The Morgan fingerprint density at radius 2 is 1.62 bits per heavy atom. The number of rotatable bonds is 8. The van der Waals surface area contributed by atoms with Crippen molar-refractivity contribution >= 4 is 20.7 Å². The summed E-state index contributed by atoms with van der Waals surface area (Å²) in [5, 5.41) is 1.35. The quantitative estimate of drug-likeness (QED) is 0.283. The number of carbonyl (C=O) groups excluding carboxylic acids is 1. The van der Waals surface area contributed by atoms with Crippen LogP contribution in [0.4, 0.5) is 0 Å². The number of carbonyl (C=O) groups is 1. The van der Waals surface area contributed by atoms with Gasteiger partial charge in [0, 0.05) is 0 Å². The molecule has 0 spiro atoms. The normalized spacial score (nSPS) is 27.6. The molecule has 0 unspecified atom stereocenters. The molecule has 0 N–H and O–H groups in total. The van der Waals surface area contributed by atoms with Crippen molar-refractivity contribution in [2.24, 2.45) is 23.7 Å². The number of hydrogen-bond donors (Lipinski definition) is 0. The van der Waals surface area contributed by atoms with Gasteiger partial charge in [0.25, 0.3) is 0 Å². The Hall–Kier alpha value is -1.09. The summed E-state index contributed by atoms with van der Waals surface area (Å²) in [6.07, 6.45) is 15.0. The largest absolute Gasteiger partial charge is 0.426 e. The van der Waals surface area contributed by atoms with Crippen LogP contribution >= 0.6 is 0 Å². The second-order valence-corrected chi connectivity index (χ2v) is 10.5. The first kappa shape index (κ1) is 22.6. The van der Waals surface area contributed by atoms with Gasteiger partial charge in [-0.1, -0.05) is 69.8 Å². The Balaban J connectivity index is 1.49. The highest BCUT2D eigenvalue weighted by Gasteiger charge is 2.33. The molecule has 0 amide bonds. The minimum absolute atomic E-state index is 0.0131. The Labute approximate surface area is 181 Å². The number of ether oxygens (including phenoxy) is 1. The molecule has 0 aromatic heterocycles. The van der Waals surface area contributed by atoms with Crippen LogP contribution in [-0.4, -0.2) is 15.5 Å². The molecule has 1 aromatic rings. The summed E-state index contributed by atoms with van der Waals surface area (Å²) in [6, 6.07) is 6.37. The Morgan fingerprint density at radius 1 is 0.966 bits per heavy atom. The number of aryl methyl sites for hydroxylation is 1. The molecule has 1 aromatic carbocycles. The van der Waals surface area contributed by atoms with Gasteiger partial charge in [-0.2, -0.15) is 0 Å². The van der Waals surface area contributed by atoms with Crippen LogP contribution in [0.2, 0.25) is 6.55 Å². The fourth-order valence-corrected chi connectivity index (χ4v) is 6.24. The maximum atomic E-state index is 12.9. The van der Waals surface area contributed by atoms with Gasteiger partial charge < -0.3 is 4.74 Å². The lowest BCUT2D eigenvalue weighted by atomic mass is 9.69. The molecule has 29 heavy (non-hydrogen) atoms. The van der Waals surface area contributed by atoms with Crippen molar-refractivity contribution in [2.45, 2.75) is 97.4 Å². The molecule has 2 radical (unpaired) electrons. The molecule has 2 nitrogen and oxygen atoms in total. The van der Waals surface area contributed by atoms with E-state index in [0.717, 1.165) is 58.7 Å². The van der Waals surface area contributed by atoms with Crippen molar-refractivity contribution in [3.63, 3.8) is 0 Å². The molecule has 2 fully saturated rings. The van der Waals surface area contributed by atoms with Crippen LogP contribution in [0.1, 0.15) is 90.0 Å². The fourth-order valence-electron chi connectivity index (χ4n) is 5.67. The zero-order chi connectivity index (χ0) is 20.6. The molecule has 0 atom stereocenters. The van der Waals surface area contributed by atoms with E-state index in [4.69, 9.17) is 4.74 Å². The summed E-state index contributed by atoms with van der Waals surface area (Å²) in [7, 11) is 0.784. The van der Waals surface area contributed by atoms with Crippen LogP contribution in [-0.2, 0) is 11.2 Å². The lowest BCUT2D eigenvalue weighted by Gasteiger charge is -2.37. The van der Waals surface area contributed by atoms with E-state index in [2.05, 4.69) is 32.5 Å². The van der Waals surface area contributed by atoms with E-state index in [-0.39, 0.29) is 11.9 Å². The minimum atomic E-state index is 0.0131. The molecule has 2 aliphatic carbocycles. The van der Waals surface area contributed by atoms with Gasteiger partial charge in [0.1, 0.15) is 5.75 Å². The molecular weight excluding hydrogens is 372 g/mol. The third-order valence-electron chi connectivity index (χ3n) is 7.44. The van der Waals surface area contributed by atoms with Gasteiger partial charge >= 0.3 is 5.97 Å². The molecular formula is C26H40O2Si. The first-order valence-electron chi connectivity index (χ1n) is 12.2. The van der Waals surface area contributed by atoms with E-state index in [1.807, 2.05) is 6.07 Å². The SMILES string of the molecule is CCCc1cc([Si]C)ccc1OC(=O)C1CCC(C2CCC(CCC)CC2)CC1. The topological polar surface area (TPSA) is 26.3 Å². The number of esters is 1. The van der Waals surface area contributed by atoms with E-state index in [1.165, 1.54) is 62.1 Å². The van der Waals surface area contributed by atoms with Crippen LogP contribution in [0.25, 0.3) is 0 Å². The third-order valence-corrected chi connectivity index (χ3v) is 8.33. The fraction of sp³-hybridized carbons (Fsp3) is 0.731. The van der Waals surface area contributed by atoms with Gasteiger partial charge in [0.15, 0.2) is 0 Å². The van der Waals surface area contributed by atoms with Gasteiger partial charge in [0.05, 0.1) is 15.4 Å². The second-order valence-electron chi connectivity index (χ2n) is 9.42. The summed E-state index contributed by atoms with van der Waals surface area (Å²) < 4.78 is 5.92. The summed E-state index contributed by atoms with van der Waals surface area (Å²) in [5.74, 6) is 3.67. The highest BCUT2D eigenvalue weighted by Crippen LogP contribution is 2.42. The zero-order valence-electron chi connectivity index (χ0n) is 18.8. The molecule has 160 valence electrons. The predicted molar refractivity (Wildman–Crippen MR) is 123 cm³/mol. The maximum Gasteiger partial charge on any atom is 0.314 e. The molecule has 0 heterocycles. The maximum absolute atomic E-state index is 12.9. The Morgan fingerprint density at radius 3 is 2.21 bits per heavy atom. The molecule has 0 aliphatic heterocycles. The molecule has 2 aliphatic rings. The first-order valence-corrected chi connectivity index (χ1v) is 13.7. The van der Waals surface area contributed by atoms with Crippen molar-refractivity contribution in [3.8, 4) is 5.75 Å². The average molecular weight is 413 g/mol. The van der Waals surface area contributed by atoms with E-state index in [0.29, 0.717) is 0 Å². The van der Waals surface area contributed by atoms with Crippen LogP contribution < -0.4 is 9.92 Å². The highest BCUT2D eigenvalue weighted by molar-refractivity contribution is 6.51. The van der Waals surface area contributed by atoms with Gasteiger partial charge in [-0.3, -0.25) is 4.79 Å². The minimum Gasteiger partial charge on any atom is -0.426 e. The molecule has 2 saturated carbocycles. The van der Waals surface area contributed by atoms with Crippen molar-refractivity contribution in [1.82, 2.24) is 0 Å². The summed E-state index contributed by atoms with van der Waals surface area (Å²) in [4.78, 5) is 12.9. The van der Waals surface area contributed by atoms with Gasteiger partial charge in [-0.05, 0) is 74.3 Å². The predicted octanol–water partition coefficient (Wildman–Crippen LogP) is 6.34. The number of benzene rings is 1. The summed E-state index contributed by atoms with van der Waals surface area (Å²) >= 11 is 0. The lowest BCUT2D eigenvalue weighted by molar-refractivity contribution is -0.140. The van der Waals surface area contributed by atoms with Crippen LogP contribution in [0.5, 0.6) is 5.75 Å². The lowest BCUT2D eigenvalue weighted by Crippen LogP contribution is -2.30. The molecule has 0 saturated heterocycles. The second kappa shape index (κ2) is 11.3. The van der Waals surface area contributed by atoms with E-state index in [9.17, 15) is 4.79 Å². The number of hydrogen-bond acceptors (Lipinski definition) is 2. The van der Waals surface area contributed by atoms with Crippen molar-refractivity contribution in [3.05, 3.63) is 23.8 Å². The van der Waals surface area contributed by atoms with Crippen LogP contribution in [0.15, 0.2) is 18.2 Å². The van der Waals surface area contributed by atoms with E-state index in [1.54, 1.807) is 0 Å². The standard InChI is InChI=1S/C26H40O2Si/c1-4-6-19-8-10-20(11-9-19)21-12-14-22(15-13-21)26(27)28-25-17-16-24(29-3)18-23(25)7-5-2/h16-22H,4-15H2,1-3H3. The van der Waals surface area contributed by atoms with Gasteiger partial charge in [0.2, 0.25) is 0 Å². The van der Waals surface area contributed by atoms with Crippen molar-refractivity contribution < 1.29 is 9.53 Å². The van der Waals surface area contributed by atoms with Crippen molar-refractivity contribution in [1.29, 1.82) is 0 Å². The van der Waals surface area contributed by atoms with E-state index < -0.39 is 0 Å². The van der Waals surface area contributed by atoms with Crippen LogP contribution in [0.3, 0.4) is 0 Å². The molecule has 3 heteroatoms. The molecule has 0 bridgehead atoms. The molecule has 3 rings (SSSR count). The first-order chi connectivity index (χ1) is 14.1. The zero-order valence-corrected chi connectivity index (χ0v) is 19.8. The Bertz CT molecular complexity index is 640. The average Bonchev–Trinajstić information content (AvgIpc) is 2.76. The van der Waals surface area contributed by atoms with Crippen LogP contribution in [0, 0.1) is 23.7 Å². The smallest absolute Gasteiger partial charge is 0.314 e. The van der Waals surface area contributed by atoms with Crippen molar-refractivity contribution in [2.75, 3.05) is 0 Å². The highest BCUT2D eigenvalue weighted by atomic mass is 28.2. The summed E-state index contributed by atoms with van der Waals surface area (Å²) in [5.41, 5.74) is 1.20. The third kappa shape index (κ3) is 6.20. The van der Waals surface area contributed by atoms with Gasteiger partial charge in [-0.25, -0.2) is 0 Å². The Kier molecular flexibility index (Phi) is 8.83. The summed E-state index contributed by atoms with van der Waals surface area (Å²) in [6.45, 7) is 6.70. The monoisotopic (exact) mass is 412 g/mol. The van der Waals surface area contributed by atoms with E-state index >= 15 is 0 Å².